The number of sulfone groups is 1. The Morgan fingerprint density at radius 3 is 2.29 bits per heavy atom. The van der Waals surface area contributed by atoms with Crippen molar-refractivity contribution in [3.8, 4) is 28.5 Å². The molecule has 9 nitrogen and oxygen atoms in total. The minimum atomic E-state index is -3.17. The molecular weight excluding hydrogens is 386 g/mol. The SMILES string of the molecule is COc1cc(-c2cc(C(=O)N3CCC(S(C)(=O)=O)C3)[nH]n2)cc(OC)c1OC. The molecule has 1 atom stereocenters. The largest absolute Gasteiger partial charge is 0.493 e. The zero-order valence-corrected chi connectivity index (χ0v) is 17.0. The van der Waals surface area contributed by atoms with Crippen LogP contribution < -0.4 is 14.2 Å². The first-order chi connectivity index (χ1) is 13.3. The molecule has 1 fully saturated rings. The number of nitrogens with one attached hydrogen (secondary N) is 1. The van der Waals surface area contributed by atoms with Crippen LogP contribution in [-0.4, -0.2) is 75.3 Å². The van der Waals surface area contributed by atoms with E-state index in [9.17, 15) is 13.2 Å². The summed E-state index contributed by atoms with van der Waals surface area (Å²) < 4.78 is 39.4. The third-order valence-electron chi connectivity index (χ3n) is 4.81. The fraction of sp³-hybridized carbons (Fsp3) is 0.444. The Kier molecular flexibility index (Phi) is 5.50. The molecular formula is C18H23N3O6S. The number of H-pyrrole nitrogens is 1. The number of carbonyl (C=O) groups excluding carboxylic acids is 1. The van der Waals surface area contributed by atoms with E-state index in [2.05, 4.69) is 10.2 Å². The van der Waals surface area contributed by atoms with Gasteiger partial charge in [-0.3, -0.25) is 9.89 Å². The number of hydrogen-bond donors (Lipinski definition) is 1. The van der Waals surface area contributed by atoms with E-state index >= 15 is 0 Å². The highest BCUT2D eigenvalue weighted by molar-refractivity contribution is 7.91. The van der Waals surface area contributed by atoms with Gasteiger partial charge in [0.25, 0.3) is 5.91 Å². The highest BCUT2D eigenvalue weighted by atomic mass is 32.2. The zero-order valence-electron chi connectivity index (χ0n) is 16.2. The topological polar surface area (TPSA) is 111 Å². The van der Waals surface area contributed by atoms with Crippen molar-refractivity contribution in [1.29, 1.82) is 0 Å². The molecule has 0 aliphatic carbocycles. The molecule has 10 heteroatoms. The Morgan fingerprint density at radius 1 is 1.14 bits per heavy atom. The van der Waals surface area contributed by atoms with E-state index < -0.39 is 15.1 Å². The maximum atomic E-state index is 12.7. The number of nitrogens with zero attached hydrogens (tertiary/aromatic N) is 2. The molecule has 1 aromatic heterocycles. The molecule has 1 aliphatic rings. The van der Waals surface area contributed by atoms with Crippen molar-refractivity contribution < 1.29 is 27.4 Å². The molecule has 0 spiro atoms. The van der Waals surface area contributed by atoms with Gasteiger partial charge in [0.15, 0.2) is 21.3 Å². The van der Waals surface area contributed by atoms with Crippen LogP contribution in [0.25, 0.3) is 11.3 Å². The summed E-state index contributed by atoms with van der Waals surface area (Å²) in [4.78, 5) is 14.2. The van der Waals surface area contributed by atoms with E-state index in [1.807, 2.05) is 0 Å². The van der Waals surface area contributed by atoms with Gasteiger partial charge >= 0.3 is 0 Å². The highest BCUT2D eigenvalue weighted by Crippen LogP contribution is 2.40. The average Bonchev–Trinajstić information content (AvgIpc) is 3.35. The molecule has 2 heterocycles. The van der Waals surface area contributed by atoms with Crippen LogP contribution in [0.2, 0.25) is 0 Å². The maximum Gasteiger partial charge on any atom is 0.271 e. The van der Waals surface area contributed by atoms with Crippen molar-refractivity contribution in [3.63, 3.8) is 0 Å². The van der Waals surface area contributed by atoms with E-state index in [1.54, 1.807) is 18.2 Å². The summed E-state index contributed by atoms with van der Waals surface area (Å²) in [5.41, 5.74) is 1.50. The van der Waals surface area contributed by atoms with Gasteiger partial charge in [-0.2, -0.15) is 5.10 Å². The molecule has 0 radical (unpaired) electrons. The van der Waals surface area contributed by atoms with E-state index in [4.69, 9.17) is 14.2 Å². The Hall–Kier alpha value is -2.75. The van der Waals surface area contributed by atoms with Crippen LogP contribution in [0.4, 0.5) is 0 Å². The van der Waals surface area contributed by atoms with Crippen molar-refractivity contribution >= 4 is 15.7 Å². The normalized spacial score (nSPS) is 16.9. The number of carbonyl (C=O) groups is 1. The lowest BCUT2D eigenvalue weighted by Gasteiger charge is -2.14. The first-order valence-electron chi connectivity index (χ1n) is 8.62. The molecule has 152 valence electrons. The predicted molar refractivity (Wildman–Crippen MR) is 103 cm³/mol. The van der Waals surface area contributed by atoms with E-state index in [1.165, 1.54) is 32.5 Å². The Bertz CT molecular complexity index is 960. The van der Waals surface area contributed by atoms with Crippen LogP contribution in [0.3, 0.4) is 0 Å². The minimum Gasteiger partial charge on any atom is -0.493 e. The number of benzene rings is 1. The van der Waals surface area contributed by atoms with Crippen molar-refractivity contribution in [2.45, 2.75) is 11.7 Å². The molecule has 2 aromatic rings. The smallest absolute Gasteiger partial charge is 0.271 e. The molecule has 0 bridgehead atoms. The lowest BCUT2D eigenvalue weighted by molar-refractivity contribution is 0.0787. The summed E-state index contributed by atoms with van der Waals surface area (Å²) >= 11 is 0. The van der Waals surface area contributed by atoms with Gasteiger partial charge in [-0.25, -0.2) is 8.42 Å². The minimum absolute atomic E-state index is 0.191. The number of methoxy groups -OCH3 is 3. The lowest BCUT2D eigenvalue weighted by atomic mass is 10.1. The van der Waals surface area contributed by atoms with Gasteiger partial charge in [-0.1, -0.05) is 0 Å². The third kappa shape index (κ3) is 3.77. The van der Waals surface area contributed by atoms with Crippen LogP contribution in [0.5, 0.6) is 17.2 Å². The number of ether oxygens (including phenoxy) is 3. The van der Waals surface area contributed by atoms with Crippen LogP contribution in [0.15, 0.2) is 18.2 Å². The molecule has 28 heavy (non-hydrogen) atoms. The molecule has 3 rings (SSSR count). The van der Waals surface area contributed by atoms with Gasteiger partial charge in [-0.05, 0) is 24.6 Å². The Balaban J connectivity index is 1.86. The predicted octanol–water partition coefficient (Wildman–Crippen LogP) is 1.36. The summed E-state index contributed by atoms with van der Waals surface area (Å²) in [6.45, 7) is 0.589. The van der Waals surface area contributed by atoms with Crippen LogP contribution in [0.1, 0.15) is 16.9 Å². The van der Waals surface area contributed by atoms with E-state index in [-0.39, 0.29) is 18.1 Å². The monoisotopic (exact) mass is 409 g/mol. The van der Waals surface area contributed by atoms with Crippen LogP contribution in [0, 0.1) is 0 Å². The highest BCUT2D eigenvalue weighted by Gasteiger charge is 2.33. The molecule has 1 N–H and O–H groups in total. The number of rotatable bonds is 6. The molecule has 1 aliphatic heterocycles. The van der Waals surface area contributed by atoms with Crippen LogP contribution >= 0.6 is 0 Å². The summed E-state index contributed by atoms with van der Waals surface area (Å²) in [6, 6.07) is 5.10. The quantitative estimate of drug-likeness (QED) is 0.767. The Morgan fingerprint density at radius 2 is 1.79 bits per heavy atom. The van der Waals surface area contributed by atoms with Crippen molar-refractivity contribution in [3.05, 3.63) is 23.9 Å². The second-order valence-electron chi connectivity index (χ2n) is 6.57. The summed E-state index contributed by atoms with van der Waals surface area (Å²) in [7, 11) is 1.39. The van der Waals surface area contributed by atoms with E-state index in [0.717, 1.165) is 0 Å². The average molecular weight is 409 g/mol. The molecule has 1 saturated heterocycles. The second kappa shape index (κ2) is 7.70. The third-order valence-corrected chi connectivity index (χ3v) is 6.40. The Labute approximate surface area is 163 Å². The van der Waals surface area contributed by atoms with Gasteiger partial charge in [0.05, 0.1) is 32.3 Å². The molecule has 1 aromatic carbocycles. The first kappa shape index (κ1) is 20.0. The van der Waals surface area contributed by atoms with Gasteiger partial charge in [0.1, 0.15) is 5.69 Å². The fourth-order valence-electron chi connectivity index (χ4n) is 3.24. The van der Waals surface area contributed by atoms with Crippen LogP contribution in [-0.2, 0) is 9.84 Å². The van der Waals surface area contributed by atoms with Gasteiger partial charge in [0.2, 0.25) is 5.75 Å². The molecule has 1 unspecified atom stereocenters. The first-order valence-corrected chi connectivity index (χ1v) is 10.6. The standard InChI is InChI=1S/C18H23N3O6S/c1-25-15-7-11(8-16(26-2)17(15)27-3)13-9-14(20-19-13)18(22)21-6-5-12(10-21)28(4,23)24/h7-9,12H,5-6,10H2,1-4H3,(H,19,20). The summed E-state index contributed by atoms with van der Waals surface area (Å²) in [5, 5.41) is 6.43. The van der Waals surface area contributed by atoms with Crippen molar-refractivity contribution in [2.24, 2.45) is 0 Å². The van der Waals surface area contributed by atoms with Crippen molar-refractivity contribution in [2.75, 3.05) is 40.7 Å². The van der Waals surface area contributed by atoms with Crippen molar-refractivity contribution in [1.82, 2.24) is 15.1 Å². The maximum absolute atomic E-state index is 12.7. The number of amides is 1. The van der Waals surface area contributed by atoms with Gasteiger partial charge in [0, 0.05) is 24.9 Å². The van der Waals surface area contributed by atoms with Gasteiger partial charge in [-0.15, -0.1) is 0 Å². The molecule has 0 saturated carbocycles. The van der Waals surface area contributed by atoms with Gasteiger partial charge < -0.3 is 19.1 Å². The number of likely N-dealkylation sites (tertiary alicyclic amines) is 1. The second-order valence-corrected chi connectivity index (χ2v) is 8.90. The molecule has 1 amide bonds. The zero-order chi connectivity index (χ0) is 20.5. The summed E-state index contributed by atoms with van der Waals surface area (Å²) in [6.07, 6.45) is 1.64. The lowest BCUT2D eigenvalue weighted by Crippen LogP contribution is -2.31. The number of hydrogen-bond acceptors (Lipinski definition) is 7. The fourth-order valence-corrected chi connectivity index (χ4v) is 4.22. The van der Waals surface area contributed by atoms with E-state index in [0.29, 0.717) is 41.5 Å². The number of aromatic amines is 1. The number of aromatic nitrogens is 2. The summed E-state index contributed by atoms with van der Waals surface area (Å²) in [5.74, 6) is 1.13.